The van der Waals surface area contributed by atoms with Crippen molar-refractivity contribution >= 4 is 42.6 Å². The number of benzene rings is 1. The molecule has 0 radical (unpaired) electrons. The minimum absolute atomic E-state index is 0.339. The Hall–Kier alpha value is -1.96. The molecule has 0 bridgehead atoms. The Morgan fingerprint density at radius 3 is 2.85 bits per heavy atom. The smallest absolute Gasteiger partial charge is 0.243 e. The van der Waals surface area contributed by atoms with Crippen LogP contribution in [0.2, 0.25) is 0 Å². The number of aryl methyl sites for hydroxylation is 1. The van der Waals surface area contributed by atoms with E-state index < -0.39 is 10.0 Å². The number of nitrogens with zero attached hydrogens (tertiary/aromatic N) is 2. The van der Waals surface area contributed by atoms with Gasteiger partial charge in [0.1, 0.15) is 5.65 Å². The topological polar surface area (TPSA) is 66.1 Å². The van der Waals surface area contributed by atoms with Gasteiger partial charge in [0.2, 0.25) is 10.0 Å². The summed E-state index contributed by atoms with van der Waals surface area (Å²) < 4.78 is 28.3. The van der Waals surface area contributed by atoms with Crippen LogP contribution in [0.25, 0.3) is 16.6 Å². The summed E-state index contributed by atoms with van der Waals surface area (Å²) in [5.74, 6) is 0. The number of pyridine rings is 1. The standard InChI is InChI=1S/C19H18BrN3O2S/c1-13-11-15(4-5-18(13)20)26(24,25)23-9-6-14(7-10-23)17-12-22-19-16(17)3-2-8-21-19/h2-6,8,11-12H,7,9-10H2,1H3,(H,21,22). The van der Waals surface area contributed by atoms with E-state index in [0.717, 1.165) is 32.2 Å². The molecule has 0 saturated heterocycles. The van der Waals surface area contributed by atoms with Crippen LogP contribution in [0.15, 0.2) is 58.2 Å². The van der Waals surface area contributed by atoms with Gasteiger partial charge in [0.05, 0.1) is 4.90 Å². The zero-order chi connectivity index (χ0) is 18.3. The van der Waals surface area contributed by atoms with Crippen molar-refractivity contribution in [1.82, 2.24) is 14.3 Å². The number of nitrogens with one attached hydrogen (secondary N) is 1. The van der Waals surface area contributed by atoms with Gasteiger partial charge in [0.15, 0.2) is 0 Å². The second-order valence-corrected chi connectivity index (χ2v) is 9.15. The SMILES string of the molecule is Cc1cc(S(=O)(=O)N2CC=C(c3c[nH]c4ncccc34)CC2)ccc1Br. The summed E-state index contributed by atoms with van der Waals surface area (Å²) in [6.07, 6.45) is 6.39. The molecule has 26 heavy (non-hydrogen) atoms. The molecule has 0 amide bonds. The molecule has 0 spiro atoms. The molecule has 5 nitrogen and oxygen atoms in total. The first kappa shape index (κ1) is 17.5. The van der Waals surface area contributed by atoms with Crippen molar-refractivity contribution in [2.45, 2.75) is 18.2 Å². The predicted octanol–water partition coefficient (Wildman–Crippen LogP) is 4.11. The average molecular weight is 432 g/mol. The first-order chi connectivity index (χ1) is 12.5. The minimum Gasteiger partial charge on any atom is -0.346 e. The Bertz CT molecular complexity index is 1120. The van der Waals surface area contributed by atoms with Crippen LogP contribution in [0.4, 0.5) is 0 Å². The highest BCUT2D eigenvalue weighted by atomic mass is 79.9. The molecule has 0 fully saturated rings. The Kier molecular flexibility index (Phi) is 4.46. The van der Waals surface area contributed by atoms with Crippen LogP contribution in [0, 0.1) is 6.92 Å². The quantitative estimate of drug-likeness (QED) is 0.678. The highest BCUT2D eigenvalue weighted by Crippen LogP contribution is 2.30. The van der Waals surface area contributed by atoms with Crippen LogP contribution in [0.3, 0.4) is 0 Å². The second-order valence-electron chi connectivity index (χ2n) is 6.36. The normalized spacial score (nSPS) is 16.0. The molecule has 0 atom stereocenters. The van der Waals surface area contributed by atoms with E-state index in [-0.39, 0.29) is 0 Å². The molecule has 0 aliphatic carbocycles. The summed E-state index contributed by atoms with van der Waals surface area (Å²) in [6.45, 7) is 2.73. The Balaban J connectivity index is 1.61. The number of sulfonamides is 1. The third kappa shape index (κ3) is 3.00. The van der Waals surface area contributed by atoms with Gasteiger partial charge in [-0.15, -0.1) is 0 Å². The average Bonchev–Trinajstić information content (AvgIpc) is 3.08. The largest absolute Gasteiger partial charge is 0.346 e. The van der Waals surface area contributed by atoms with Crippen molar-refractivity contribution in [3.8, 4) is 0 Å². The van der Waals surface area contributed by atoms with Crippen LogP contribution < -0.4 is 0 Å². The molecule has 7 heteroatoms. The van der Waals surface area contributed by atoms with Crippen molar-refractivity contribution in [3.05, 3.63) is 64.4 Å². The Labute approximate surface area is 160 Å². The van der Waals surface area contributed by atoms with Gasteiger partial charge >= 0.3 is 0 Å². The van der Waals surface area contributed by atoms with Gasteiger partial charge in [-0.05, 0) is 54.8 Å². The van der Waals surface area contributed by atoms with E-state index >= 15 is 0 Å². The van der Waals surface area contributed by atoms with Crippen molar-refractivity contribution < 1.29 is 8.42 Å². The summed E-state index contributed by atoms with van der Waals surface area (Å²) >= 11 is 3.42. The lowest BCUT2D eigenvalue weighted by molar-refractivity contribution is 0.441. The molecular formula is C19H18BrN3O2S. The maximum Gasteiger partial charge on any atom is 0.243 e. The van der Waals surface area contributed by atoms with Gasteiger partial charge in [0.25, 0.3) is 0 Å². The van der Waals surface area contributed by atoms with Crippen LogP contribution >= 0.6 is 15.9 Å². The molecule has 1 aromatic carbocycles. The fraction of sp³-hybridized carbons (Fsp3) is 0.211. The molecule has 3 heterocycles. The Morgan fingerprint density at radius 2 is 2.12 bits per heavy atom. The minimum atomic E-state index is -3.49. The van der Waals surface area contributed by atoms with Crippen molar-refractivity contribution in [2.24, 2.45) is 0 Å². The highest BCUT2D eigenvalue weighted by Gasteiger charge is 2.27. The highest BCUT2D eigenvalue weighted by molar-refractivity contribution is 9.10. The monoisotopic (exact) mass is 431 g/mol. The summed E-state index contributed by atoms with van der Waals surface area (Å²) in [5.41, 5.74) is 4.02. The van der Waals surface area contributed by atoms with E-state index in [1.165, 1.54) is 4.31 Å². The van der Waals surface area contributed by atoms with E-state index in [0.29, 0.717) is 24.4 Å². The molecule has 0 saturated carbocycles. The number of hydrogen-bond acceptors (Lipinski definition) is 3. The maximum atomic E-state index is 12.9. The second kappa shape index (κ2) is 6.64. The number of halogens is 1. The van der Waals surface area contributed by atoms with Crippen LogP contribution in [-0.2, 0) is 10.0 Å². The van der Waals surface area contributed by atoms with E-state index in [2.05, 4.69) is 25.9 Å². The molecule has 1 N–H and O–H groups in total. The lowest BCUT2D eigenvalue weighted by Gasteiger charge is -2.26. The lowest BCUT2D eigenvalue weighted by Crippen LogP contribution is -2.34. The molecule has 2 aromatic heterocycles. The van der Waals surface area contributed by atoms with Gasteiger partial charge in [-0.3, -0.25) is 0 Å². The molecule has 4 rings (SSSR count). The summed E-state index contributed by atoms with van der Waals surface area (Å²) in [4.78, 5) is 7.83. The Morgan fingerprint density at radius 1 is 1.27 bits per heavy atom. The van der Waals surface area contributed by atoms with Crippen molar-refractivity contribution in [3.63, 3.8) is 0 Å². The fourth-order valence-corrected chi connectivity index (χ4v) is 4.97. The van der Waals surface area contributed by atoms with Crippen LogP contribution in [0.1, 0.15) is 17.5 Å². The van der Waals surface area contributed by atoms with E-state index in [1.54, 1.807) is 24.4 Å². The first-order valence-corrected chi connectivity index (χ1v) is 10.6. The number of aromatic nitrogens is 2. The molecule has 134 valence electrons. The number of hydrogen-bond donors (Lipinski definition) is 1. The first-order valence-electron chi connectivity index (χ1n) is 8.34. The molecule has 1 aliphatic rings. The summed E-state index contributed by atoms with van der Waals surface area (Å²) in [6, 6.07) is 9.09. The van der Waals surface area contributed by atoms with E-state index in [1.807, 2.05) is 31.3 Å². The van der Waals surface area contributed by atoms with E-state index in [4.69, 9.17) is 0 Å². The van der Waals surface area contributed by atoms with Gasteiger partial charge < -0.3 is 4.98 Å². The molecular weight excluding hydrogens is 414 g/mol. The van der Waals surface area contributed by atoms with Gasteiger partial charge in [-0.25, -0.2) is 13.4 Å². The van der Waals surface area contributed by atoms with Gasteiger partial charge in [-0.1, -0.05) is 22.0 Å². The molecule has 0 unspecified atom stereocenters. The van der Waals surface area contributed by atoms with Gasteiger partial charge in [-0.2, -0.15) is 4.31 Å². The maximum absolute atomic E-state index is 12.9. The van der Waals surface area contributed by atoms with Crippen LogP contribution in [-0.4, -0.2) is 35.8 Å². The summed E-state index contributed by atoms with van der Waals surface area (Å²) in [5, 5.41) is 1.07. The zero-order valence-electron chi connectivity index (χ0n) is 14.2. The third-order valence-corrected chi connectivity index (χ3v) is 7.49. The van der Waals surface area contributed by atoms with Gasteiger partial charge in [0, 0.05) is 40.9 Å². The van der Waals surface area contributed by atoms with Crippen LogP contribution in [0.5, 0.6) is 0 Å². The number of fused-ring (bicyclic) bond motifs is 1. The van der Waals surface area contributed by atoms with E-state index in [9.17, 15) is 8.42 Å². The lowest BCUT2D eigenvalue weighted by atomic mass is 10.0. The number of aromatic amines is 1. The fourth-order valence-electron chi connectivity index (χ4n) is 3.26. The summed E-state index contributed by atoms with van der Waals surface area (Å²) in [7, 11) is -3.49. The zero-order valence-corrected chi connectivity index (χ0v) is 16.6. The molecule has 1 aliphatic heterocycles. The number of rotatable bonds is 3. The van der Waals surface area contributed by atoms with Crippen molar-refractivity contribution in [2.75, 3.05) is 13.1 Å². The third-order valence-electron chi connectivity index (χ3n) is 4.74. The molecule has 3 aromatic rings. The van der Waals surface area contributed by atoms with Crippen molar-refractivity contribution in [1.29, 1.82) is 0 Å². The number of H-pyrrole nitrogens is 1. The predicted molar refractivity (Wildman–Crippen MR) is 106 cm³/mol.